The molecule has 0 saturated heterocycles. The monoisotopic (exact) mass is 364 g/mol. The van der Waals surface area contributed by atoms with Gasteiger partial charge in [-0.1, -0.05) is 12.1 Å². The third-order valence-electron chi connectivity index (χ3n) is 3.46. The Bertz CT molecular complexity index is 418. The van der Waals surface area contributed by atoms with Gasteiger partial charge in [-0.15, -0.1) is 0 Å². The summed E-state index contributed by atoms with van der Waals surface area (Å²) in [5.41, 5.74) is 0.970. The van der Waals surface area contributed by atoms with Gasteiger partial charge in [0.25, 0.3) is 0 Å². The molecule has 18 heavy (non-hydrogen) atoms. The fourth-order valence-corrected chi connectivity index (χ4v) is 2.67. The van der Waals surface area contributed by atoms with Gasteiger partial charge < -0.3 is 0 Å². The number of carbonyl (C=O) groups is 1. The number of rotatable bonds is 3. The molecule has 0 amide bonds. The molecule has 1 nitrogen and oxygen atoms in total. The van der Waals surface area contributed by atoms with Crippen molar-refractivity contribution in [2.75, 3.05) is 0 Å². The summed E-state index contributed by atoms with van der Waals surface area (Å²) >= 11 is 2.21. The first-order chi connectivity index (χ1) is 8.46. The standard InChI is InChI=1S/C14H15F2IO/c15-14(16)7-5-11(6-8-14)13(18)9-10-1-3-12(17)4-2-10/h1-4,11H,5-9H2. The molecule has 0 aromatic heterocycles. The van der Waals surface area contributed by atoms with Crippen LogP contribution >= 0.6 is 22.6 Å². The van der Waals surface area contributed by atoms with Crippen molar-refractivity contribution < 1.29 is 13.6 Å². The normalized spacial score (nSPS) is 19.7. The number of ketones is 1. The van der Waals surface area contributed by atoms with E-state index in [1.54, 1.807) is 0 Å². The lowest BCUT2D eigenvalue weighted by Crippen LogP contribution is -2.29. The summed E-state index contributed by atoms with van der Waals surface area (Å²) in [5.74, 6) is -2.63. The molecule has 98 valence electrons. The Morgan fingerprint density at radius 3 is 2.33 bits per heavy atom. The minimum Gasteiger partial charge on any atom is -0.299 e. The minimum atomic E-state index is -2.56. The van der Waals surface area contributed by atoms with Gasteiger partial charge in [-0.2, -0.15) is 0 Å². The Morgan fingerprint density at radius 1 is 1.22 bits per heavy atom. The van der Waals surface area contributed by atoms with Crippen LogP contribution in [0.25, 0.3) is 0 Å². The molecule has 0 atom stereocenters. The molecular formula is C14H15F2IO. The number of benzene rings is 1. The quantitative estimate of drug-likeness (QED) is 0.734. The molecule has 0 heterocycles. The van der Waals surface area contributed by atoms with E-state index in [-0.39, 0.29) is 24.5 Å². The molecule has 1 aromatic rings. The van der Waals surface area contributed by atoms with E-state index in [9.17, 15) is 13.6 Å². The van der Waals surface area contributed by atoms with Gasteiger partial charge in [0.15, 0.2) is 0 Å². The molecule has 1 aliphatic carbocycles. The smallest absolute Gasteiger partial charge is 0.248 e. The maximum absolute atomic E-state index is 13.0. The van der Waals surface area contributed by atoms with Crippen molar-refractivity contribution in [1.82, 2.24) is 0 Å². The van der Waals surface area contributed by atoms with E-state index in [0.29, 0.717) is 19.3 Å². The molecule has 0 spiro atoms. The highest BCUT2D eigenvalue weighted by Gasteiger charge is 2.37. The van der Waals surface area contributed by atoms with E-state index in [0.717, 1.165) is 9.13 Å². The fraction of sp³-hybridized carbons (Fsp3) is 0.500. The molecule has 4 heteroatoms. The zero-order valence-electron chi connectivity index (χ0n) is 9.96. The first-order valence-electron chi connectivity index (χ1n) is 6.11. The van der Waals surface area contributed by atoms with E-state index >= 15 is 0 Å². The Morgan fingerprint density at radius 2 is 1.78 bits per heavy atom. The van der Waals surface area contributed by atoms with Crippen LogP contribution in [0.4, 0.5) is 8.78 Å². The van der Waals surface area contributed by atoms with Crippen molar-refractivity contribution in [3.05, 3.63) is 33.4 Å². The summed E-state index contributed by atoms with van der Waals surface area (Å²) in [6.07, 6.45) is 0.742. The average Bonchev–Trinajstić information content (AvgIpc) is 2.32. The number of carbonyl (C=O) groups excluding carboxylic acids is 1. The van der Waals surface area contributed by atoms with Gasteiger partial charge in [0, 0.05) is 28.8 Å². The second kappa shape index (κ2) is 5.63. The summed E-state index contributed by atoms with van der Waals surface area (Å²) in [6, 6.07) is 7.77. The second-order valence-electron chi connectivity index (χ2n) is 4.90. The molecule has 1 aromatic carbocycles. The first kappa shape index (κ1) is 13.9. The van der Waals surface area contributed by atoms with Crippen molar-refractivity contribution in [3.8, 4) is 0 Å². The molecule has 1 aliphatic rings. The van der Waals surface area contributed by atoms with Crippen LogP contribution in [0.3, 0.4) is 0 Å². The van der Waals surface area contributed by atoms with Crippen molar-refractivity contribution in [3.63, 3.8) is 0 Å². The van der Waals surface area contributed by atoms with Gasteiger partial charge in [-0.3, -0.25) is 4.79 Å². The van der Waals surface area contributed by atoms with Gasteiger partial charge in [0.05, 0.1) is 0 Å². The molecule has 0 unspecified atom stereocenters. The molecule has 0 radical (unpaired) electrons. The van der Waals surface area contributed by atoms with Crippen LogP contribution < -0.4 is 0 Å². The highest BCUT2D eigenvalue weighted by molar-refractivity contribution is 14.1. The van der Waals surface area contributed by atoms with Crippen molar-refractivity contribution in [2.24, 2.45) is 5.92 Å². The number of Topliss-reactive ketones (excluding diaryl/α,β-unsaturated/α-hetero) is 1. The molecule has 1 fully saturated rings. The predicted octanol–water partition coefficient (Wildman–Crippen LogP) is 4.23. The van der Waals surface area contributed by atoms with E-state index < -0.39 is 5.92 Å². The van der Waals surface area contributed by atoms with Crippen LogP contribution in [0, 0.1) is 9.49 Å². The maximum atomic E-state index is 13.0. The van der Waals surface area contributed by atoms with E-state index in [4.69, 9.17) is 0 Å². The number of alkyl halides is 2. The third-order valence-corrected chi connectivity index (χ3v) is 4.18. The SMILES string of the molecule is O=C(Cc1ccc(I)cc1)C1CCC(F)(F)CC1. The number of hydrogen-bond acceptors (Lipinski definition) is 1. The lowest BCUT2D eigenvalue weighted by Gasteiger charge is -2.27. The van der Waals surface area contributed by atoms with E-state index in [1.165, 1.54) is 0 Å². The zero-order chi connectivity index (χ0) is 13.2. The zero-order valence-corrected chi connectivity index (χ0v) is 12.1. The van der Waals surface area contributed by atoms with Gasteiger partial charge in [0.1, 0.15) is 5.78 Å². The van der Waals surface area contributed by atoms with Crippen LogP contribution in [-0.2, 0) is 11.2 Å². The van der Waals surface area contributed by atoms with Gasteiger partial charge in [0.2, 0.25) is 5.92 Å². The Kier molecular flexibility index (Phi) is 4.35. The highest BCUT2D eigenvalue weighted by atomic mass is 127. The molecule has 0 aliphatic heterocycles. The topological polar surface area (TPSA) is 17.1 Å². The lowest BCUT2D eigenvalue weighted by molar-refractivity contribution is -0.126. The van der Waals surface area contributed by atoms with Gasteiger partial charge in [-0.05, 0) is 53.1 Å². The third kappa shape index (κ3) is 3.73. The number of hydrogen-bond donors (Lipinski definition) is 0. The van der Waals surface area contributed by atoms with Crippen LogP contribution in [0.15, 0.2) is 24.3 Å². The Labute approximate surface area is 119 Å². The lowest BCUT2D eigenvalue weighted by atomic mass is 9.82. The maximum Gasteiger partial charge on any atom is 0.248 e. The van der Waals surface area contributed by atoms with Gasteiger partial charge in [-0.25, -0.2) is 8.78 Å². The summed E-state index contributed by atoms with van der Waals surface area (Å²) in [5, 5.41) is 0. The minimum absolute atomic E-state index is 0.103. The summed E-state index contributed by atoms with van der Waals surface area (Å²) in [7, 11) is 0. The molecule has 0 N–H and O–H groups in total. The van der Waals surface area contributed by atoms with Crippen molar-refractivity contribution in [1.29, 1.82) is 0 Å². The van der Waals surface area contributed by atoms with E-state index in [2.05, 4.69) is 22.6 Å². The van der Waals surface area contributed by atoms with Gasteiger partial charge >= 0.3 is 0 Å². The molecular weight excluding hydrogens is 349 g/mol. The Balaban J connectivity index is 1.91. The highest BCUT2D eigenvalue weighted by Crippen LogP contribution is 2.36. The fourth-order valence-electron chi connectivity index (χ4n) is 2.31. The second-order valence-corrected chi connectivity index (χ2v) is 6.15. The summed E-state index contributed by atoms with van der Waals surface area (Å²) in [4.78, 5) is 12.0. The molecule has 2 rings (SSSR count). The van der Waals surface area contributed by atoms with Crippen LogP contribution in [0.2, 0.25) is 0 Å². The largest absolute Gasteiger partial charge is 0.299 e. The summed E-state index contributed by atoms with van der Waals surface area (Å²) in [6.45, 7) is 0. The molecule has 1 saturated carbocycles. The van der Waals surface area contributed by atoms with Crippen molar-refractivity contribution in [2.45, 2.75) is 38.0 Å². The Hall–Kier alpha value is -0.520. The predicted molar refractivity (Wildman–Crippen MR) is 74.8 cm³/mol. The van der Waals surface area contributed by atoms with Crippen LogP contribution in [0.5, 0.6) is 0 Å². The average molecular weight is 364 g/mol. The van der Waals surface area contributed by atoms with Crippen LogP contribution in [0.1, 0.15) is 31.2 Å². The van der Waals surface area contributed by atoms with Crippen LogP contribution in [-0.4, -0.2) is 11.7 Å². The first-order valence-corrected chi connectivity index (χ1v) is 7.19. The molecule has 0 bridgehead atoms. The van der Waals surface area contributed by atoms with E-state index in [1.807, 2.05) is 24.3 Å². The number of halogens is 3. The van der Waals surface area contributed by atoms with Crippen molar-refractivity contribution >= 4 is 28.4 Å². The summed E-state index contributed by atoms with van der Waals surface area (Å²) < 4.78 is 27.1.